The van der Waals surface area contributed by atoms with Gasteiger partial charge in [-0.25, -0.2) is 4.39 Å². The molecule has 0 aliphatic carbocycles. The maximum Gasteiger partial charge on any atom is 0.251 e. The third kappa shape index (κ3) is 3.55. The predicted molar refractivity (Wildman–Crippen MR) is 72.9 cm³/mol. The van der Waals surface area contributed by atoms with Gasteiger partial charge in [-0.2, -0.15) is 0 Å². The zero-order valence-electron chi connectivity index (χ0n) is 11.3. The number of benzene rings is 1. The van der Waals surface area contributed by atoms with Gasteiger partial charge in [0.25, 0.3) is 5.91 Å². The molecule has 2 N–H and O–H groups in total. The molecular weight excluding hydrogens is 261 g/mol. The molecule has 1 heterocycles. The van der Waals surface area contributed by atoms with Gasteiger partial charge in [0.2, 0.25) is 0 Å². The number of aliphatic hydroxyl groups excluding tert-OH is 2. The van der Waals surface area contributed by atoms with Crippen molar-refractivity contribution in [1.29, 1.82) is 0 Å². The van der Waals surface area contributed by atoms with Crippen LogP contribution in [0.25, 0.3) is 0 Å². The summed E-state index contributed by atoms with van der Waals surface area (Å²) in [5, 5.41) is 19.1. The fraction of sp³-hybridized carbons (Fsp3) is 0.533. The highest BCUT2D eigenvalue weighted by molar-refractivity contribution is 5.81. The average Bonchev–Trinajstić information content (AvgIpc) is 2.86. The minimum Gasteiger partial charge on any atom is -0.394 e. The molecule has 4 nitrogen and oxygen atoms in total. The Morgan fingerprint density at radius 2 is 2.10 bits per heavy atom. The topological polar surface area (TPSA) is 60.8 Å². The summed E-state index contributed by atoms with van der Waals surface area (Å²) >= 11 is 0. The lowest BCUT2D eigenvalue weighted by atomic mass is 10.1. The number of amides is 1. The first-order valence-electron chi connectivity index (χ1n) is 6.89. The monoisotopic (exact) mass is 281 g/mol. The molecule has 20 heavy (non-hydrogen) atoms. The van der Waals surface area contributed by atoms with Crippen molar-refractivity contribution < 1.29 is 19.4 Å². The van der Waals surface area contributed by atoms with Crippen LogP contribution in [-0.4, -0.2) is 52.5 Å². The summed E-state index contributed by atoms with van der Waals surface area (Å²) in [6.45, 7) is -0.302. The van der Waals surface area contributed by atoms with Crippen molar-refractivity contribution in [3.8, 4) is 0 Å². The zero-order valence-corrected chi connectivity index (χ0v) is 11.3. The highest BCUT2D eigenvalue weighted by Gasteiger charge is 2.37. The van der Waals surface area contributed by atoms with E-state index in [1.165, 1.54) is 4.90 Å². The lowest BCUT2D eigenvalue weighted by Gasteiger charge is -2.25. The summed E-state index contributed by atoms with van der Waals surface area (Å²) in [6.07, 6.45) is -1.22. The van der Waals surface area contributed by atoms with E-state index < -0.39 is 24.2 Å². The van der Waals surface area contributed by atoms with Gasteiger partial charge in [0.05, 0.1) is 19.2 Å². The molecule has 0 spiro atoms. The summed E-state index contributed by atoms with van der Waals surface area (Å²) in [4.78, 5) is 13.3. The van der Waals surface area contributed by atoms with Crippen LogP contribution in [0.5, 0.6) is 0 Å². The molecule has 2 rings (SSSR count). The number of hydrogen-bond acceptors (Lipinski definition) is 3. The molecule has 3 unspecified atom stereocenters. The highest BCUT2D eigenvalue weighted by atomic mass is 19.1. The minimum absolute atomic E-state index is 0.0353. The molecule has 1 aliphatic heterocycles. The van der Waals surface area contributed by atoms with Crippen molar-refractivity contribution in [1.82, 2.24) is 4.90 Å². The third-order valence-corrected chi connectivity index (χ3v) is 3.69. The third-order valence-electron chi connectivity index (χ3n) is 3.69. The predicted octanol–water partition coefficient (Wildman–Crippen LogP) is 0.911. The molecule has 3 atom stereocenters. The number of aliphatic hydroxyl groups is 2. The minimum atomic E-state index is -1.14. The van der Waals surface area contributed by atoms with Crippen molar-refractivity contribution >= 4 is 5.91 Å². The van der Waals surface area contributed by atoms with E-state index >= 15 is 0 Å². The second-order valence-corrected chi connectivity index (χ2v) is 5.20. The quantitative estimate of drug-likeness (QED) is 0.843. The van der Waals surface area contributed by atoms with Crippen molar-refractivity contribution in [3.63, 3.8) is 0 Å². The van der Waals surface area contributed by atoms with Gasteiger partial charge in [-0.05, 0) is 18.4 Å². The van der Waals surface area contributed by atoms with Gasteiger partial charge in [0.15, 0.2) is 0 Å². The normalized spacial score (nSPS) is 23.9. The molecule has 0 radical (unpaired) electrons. The molecule has 1 saturated heterocycles. The summed E-state index contributed by atoms with van der Waals surface area (Å²) in [6, 6.07) is 9.06. The fourth-order valence-corrected chi connectivity index (χ4v) is 2.57. The summed E-state index contributed by atoms with van der Waals surface area (Å²) in [5.74, 6) is -0.486. The van der Waals surface area contributed by atoms with Crippen LogP contribution in [0.1, 0.15) is 18.4 Å². The van der Waals surface area contributed by atoms with E-state index in [2.05, 4.69) is 0 Å². The van der Waals surface area contributed by atoms with Gasteiger partial charge >= 0.3 is 0 Å². The van der Waals surface area contributed by atoms with E-state index in [0.29, 0.717) is 12.8 Å². The van der Waals surface area contributed by atoms with Gasteiger partial charge in [-0.1, -0.05) is 30.3 Å². The van der Waals surface area contributed by atoms with E-state index in [1.54, 1.807) is 0 Å². The Morgan fingerprint density at radius 3 is 2.75 bits per heavy atom. The van der Waals surface area contributed by atoms with Crippen molar-refractivity contribution in [2.75, 3.05) is 13.2 Å². The molecule has 110 valence electrons. The van der Waals surface area contributed by atoms with E-state index in [0.717, 1.165) is 5.56 Å². The molecular formula is C15H20FNO3. The number of rotatable bonds is 5. The van der Waals surface area contributed by atoms with Crippen molar-refractivity contribution in [3.05, 3.63) is 35.9 Å². The van der Waals surface area contributed by atoms with Crippen LogP contribution in [0.3, 0.4) is 0 Å². The number of aryl methyl sites for hydroxylation is 1. The largest absolute Gasteiger partial charge is 0.394 e. The number of alkyl halides is 1. The van der Waals surface area contributed by atoms with E-state index in [4.69, 9.17) is 5.11 Å². The van der Waals surface area contributed by atoms with Gasteiger partial charge in [0, 0.05) is 6.42 Å². The number of nitrogens with zero attached hydrogens (tertiary/aromatic N) is 1. The average molecular weight is 281 g/mol. The summed E-state index contributed by atoms with van der Waals surface area (Å²) in [5.41, 5.74) is 1.04. The first-order chi connectivity index (χ1) is 9.61. The van der Waals surface area contributed by atoms with Gasteiger partial charge in [0.1, 0.15) is 12.3 Å². The number of likely N-dealkylation sites (tertiary alicyclic amines) is 1. The maximum absolute atomic E-state index is 13.3. The Morgan fingerprint density at radius 1 is 1.40 bits per heavy atom. The van der Waals surface area contributed by atoms with Crippen LogP contribution < -0.4 is 0 Å². The van der Waals surface area contributed by atoms with E-state index in [-0.39, 0.29) is 19.6 Å². The van der Waals surface area contributed by atoms with Crippen molar-refractivity contribution in [2.24, 2.45) is 0 Å². The van der Waals surface area contributed by atoms with Gasteiger partial charge in [-0.3, -0.25) is 4.79 Å². The Kier molecular flexibility index (Phi) is 5.09. The van der Waals surface area contributed by atoms with E-state index in [9.17, 15) is 14.3 Å². The zero-order chi connectivity index (χ0) is 14.5. The first-order valence-corrected chi connectivity index (χ1v) is 6.89. The maximum atomic E-state index is 13.3. The molecule has 1 aromatic carbocycles. The van der Waals surface area contributed by atoms with Crippen LogP contribution >= 0.6 is 0 Å². The van der Waals surface area contributed by atoms with Crippen molar-refractivity contribution in [2.45, 2.75) is 37.6 Å². The van der Waals surface area contributed by atoms with E-state index in [1.807, 2.05) is 30.3 Å². The molecule has 0 aromatic heterocycles. The molecule has 1 aromatic rings. The highest BCUT2D eigenvalue weighted by Crippen LogP contribution is 2.21. The SMILES string of the molecule is O=C(C(O)CCc1ccccc1)N1CC(F)CC1CO. The first kappa shape index (κ1) is 14.9. The van der Waals surface area contributed by atoms with Crippen LogP contribution in [0.4, 0.5) is 4.39 Å². The van der Waals surface area contributed by atoms with Crippen LogP contribution in [0.2, 0.25) is 0 Å². The Labute approximate surface area is 117 Å². The van der Waals surface area contributed by atoms with Crippen LogP contribution in [0, 0.1) is 0 Å². The standard InChI is InChI=1S/C15H20FNO3/c16-12-8-13(10-18)17(9-12)15(20)14(19)7-6-11-4-2-1-3-5-11/h1-5,12-14,18-19H,6-10H2. The Hall–Kier alpha value is -1.46. The summed E-state index contributed by atoms with van der Waals surface area (Å²) < 4.78 is 13.3. The number of carbonyl (C=O) groups is 1. The lowest BCUT2D eigenvalue weighted by molar-refractivity contribution is -0.142. The van der Waals surface area contributed by atoms with Gasteiger partial charge in [-0.15, -0.1) is 0 Å². The Bertz CT molecular complexity index is 440. The number of hydrogen-bond donors (Lipinski definition) is 2. The summed E-state index contributed by atoms with van der Waals surface area (Å²) in [7, 11) is 0. The van der Waals surface area contributed by atoms with Crippen LogP contribution in [-0.2, 0) is 11.2 Å². The van der Waals surface area contributed by atoms with Crippen LogP contribution in [0.15, 0.2) is 30.3 Å². The molecule has 5 heteroatoms. The second-order valence-electron chi connectivity index (χ2n) is 5.20. The Balaban J connectivity index is 1.88. The number of carbonyl (C=O) groups excluding carboxylic acids is 1. The molecule has 1 fully saturated rings. The molecule has 1 amide bonds. The molecule has 0 bridgehead atoms. The second kappa shape index (κ2) is 6.81. The lowest BCUT2D eigenvalue weighted by Crippen LogP contribution is -2.44. The molecule has 1 aliphatic rings. The van der Waals surface area contributed by atoms with Gasteiger partial charge < -0.3 is 15.1 Å². The smallest absolute Gasteiger partial charge is 0.251 e. The number of halogens is 1. The fourth-order valence-electron chi connectivity index (χ4n) is 2.57. The molecule has 0 saturated carbocycles.